The van der Waals surface area contributed by atoms with Gasteiger partial charge in [0.25, 0.3) is 0 Å². The quantitative estimate of drug-likeness (QED) is 0.749. The molecule has 0 aromatic heterocycles. The smallest absolute Gasteiger partial charge is 0.0340 e. The third kappa shape index (κ3) is 1.62. The van der Waals surface area contributed by atoms with E-state index in [2.05, 4.69) is 23.5 Å². The van der Waals surface area contributed by atoms with E-state index in [0.29, 0.717) is 5.92 Å². The van der Waals surface area contributed by atoms with Crippen molar-refractivity contribution < 1.29 is 0 Å². The van der Waals surface area contributed by atoms with Gasteiger partial charge in [0.1, 0.15) is 0 Å². The highest BCUT2D eigenvalue weighted by Gasteiger charge is 2.18. The molecule has 0 radical (unpaired) electrons. The van der Waals surface area contributed by atoms with Crippen LogP contribution in [0.3, 0.4) is 0 Å². The minimum Gasteiger partial charge on any atom is -0.388 e. The summed E-state index contributed by atoms with van der Waals surface area (Å²) in [5.74, 6) is 0.588. The fraction of sp³-hybridized carbons (Fsp3) is 0.500. The van der Waals surface area contributed by atoms with Gasteiger partial charge in [-0.15, -0.1) is 0 Å². The third-order valence-electron chi connectivity index (χ3n) is 3.15. The van der Waals surface area contributed by atoms with E-state index in [-0.39, 0.29) is 0 Å². The topological polar surface area (TPSA) is 38.0 Å². The Morgan fingerprint density at radius 3 is 3.07 bits per heavy atom. The van der Waals surface area contributed by atoms with Gasteiger partial charge < -0.3 is 11.1 Å². The maximum Gasteiger partial charge on any atom is 0.0340 e. The molecule has 14 heavy (non-hydrogen) atoms. The van der Waals surface area contributed by atoms with Crippen molar-refractivity contribution in [1.82, 2.24) is 0 Å². The highest BCUT2D eigenvalue weighted by atomic mass is 14.8. The van der Waals surface area contributed by atoms with Crippen LogP contribution in [0.15, 0.2) is 18.2 Å². The Bertz CT molecular complexity index is 320. The lowest BCUT2D eigenvalue weighted by Gasteiger charge is -2.24. The van der Waals surface area contributed by atoms with Crippen LogP contribution in [-0.4, -0.2) is 13.6 Å². The summed E-state index contributed by atoms with van der Waals surface area (Å²) in [5.41, 5.74) is 9.94. The van der Waals surface area contributed by atoms with E-state index in [4.69, 9.17) is 5.73 Å². The number of fused-ring (bicyclic) bond motifs is 1. The van der Waals surface area contributed by atoms with Crippen molar-refractivity contribution in [2.75, 3.05) is 18.9 Å². The SMILES string of the molecule is CNc1ccc2c(c1)CCCC2CN. The number of aryl methyl sites for hydroxylation is 1. The molecule has 0 amide bonds. The molecule has 0 saturated heterocycles. The average Bonchev–Trinajstić information content (AvgIpc) is 2.27. The maximum absolute atomic E-state index is 5.77. The molecule has 0 spiro atoms. The van der Waals surface area contributed by atoms with Crippen LogP contribution in [0.1, 0.15) is 29.9 Å². The number of rotatable bonds is 2. The summed E-state index contributed by atoms with van der Waals surface area (Å²) < 4.78 is 0. The fourth-order valence-electron chi connectivity index (χ4n) is 2.32. The Labute approximate surface area is 85.5 Å². The number of benzene rings is 1. The normalized spacial score (nSPS) is 20.3. The molecule has 1 aromatic carbocycles. The first-order valence-corrected chi connectivity index (χ1v) is 5.36. The Morgan fingerprint density at radius 1 is 1.50 bits per heavy atom. The molecule has 3 N–H and O–H groups in total. The van der Waals surface area contributed by atoms with Gasteiger partial charge in [0.05, 0.1) is 0 Å². The molecule has 0 fully saturated rings. The molecule has 76 valence electrons. The van der Waals surface area contributed by atoms with Crippen LogP contribution in [0.25, 0.3) is 0 Å². The zero-order valence-corrected chi connectivity index (χ0v) is 8.72. The zero-order chi connectivity index (χ0) is 9.97. The zero-order valence-electron chi connectivity index (χ0n) is 8.72. The molecule has 2 heteroatoms. The molecule has 1 aromatic rings. The van der Waals surface area contributed by atoms with Gasteiger partial charge in [-0.3, -0.25) is 0 Å². The van der Waals surface area contributed by atoms with Gasteiger partial charge in [-0.2, -0.15) is 0 Å². The second-order valence-electron chi connectivity index (χ2n) is 3.99. The summed E-state index contributed by atoms with van der Waals surface area (Å²) in [6.45, 7) is 0.784. The highest BCUT2D eigenvalue weighted by Crippen LogP contribution is 2.32. The van der Waals surface area contributed by atoms with Crippen LogP contribution in [-0.2, 0) is 6.42 Å². The number of anilines is 1. The minimum absolute atomic E-state index is 0.588. The van der Waals surface area contributed by atoms with E-state index in [9.17, 15) is 0 Å². The van der Waals surface area contributed by atoms with Crippen LogP contribution in [0.5, 0.6) is 0 Å². The van der Waals surface area contributed by atoms with Crippen molar-refractivity contribution in [1.29, 1.82) is 0 Å². The molecular formula is C12H18N2. The van der Waals surface area contributed by atoms with E-state index >= 15 is 0 Å². The molecule has 2 rings (SSSR count). The Morgan fingerprint density at radius 2 is 2.36 bits per heavy atom. The summed E-state index contributed by atoms with van der Waals surface area (Å²) >= 11 is 0. The largest absolute Gasteiger partial charge is 0.388 e. The fourth-order valence-corrected chi connectivity index (χ4v) is 2.32. The first-order chi connectivity index (χ1) is 6.85. The van der Waals surface area contributed by atoms with Crippen LogP contribution in [0, 0.1) is 0 Å². The van der Waals surface area contributed by atoms with E-state index in [1.807, 2.05) is 7.05 Å². The molecule has 1 unspecified atom stereocenters. The van der Waals surface area contributed by atoms with Gasteiger partial charge in [0.15, 0.2) is 0 Å². The molecule has 2 nitrogen and oxygen atoms in total. The summed E-state index contributed by atoms with van der Waals surface area (Å²) in [6.07, 6.45) is 3.74. The molecular weight excluding hydrogens is 172 g/mol. The summed E-state index contributed by atoms with van der Waals surface area (Å²) in [4.78, 5) is 0. The van der Waals surface area contributed by atoms with Gasteiger partial charge in [-0.1, -0.05) is 6.07 Å². The Kier molecular flexibility index (Phi) is 2.73. The first-order valence-electron chi connectivity index (χ1n) is 5.36. The molecule has 0 heterocycles. The van der Waals surface area contributed by atoms with E-state index in [0.717, 1.165) is 6.54 Å². The third-order valence-corrected chi connectivity index (χ3v) is 3.15. The molecule has 0 bridgehead atoms. The summed E-state index contributed by atoms with van der Waals surface area (Å²) in [5, 5.41) is 3.18. The van der Waals surface area contributed by atoms with Gasteiger partial charge in [0.2, 0.25) is 0 Å². The van der Waals surface area contributed by atoms with Gasteiger partial charge in [-0.25, -0.2) is 0 Å². The van der Waals surface area contributed by atoms with Crippen molar-refractivity contribution in [3.05, 3.63) is 29.3 Å². The lowest BCUT2D eigenvalue weighted by molar-refractivity contribution is 0.561. The molecule has 0 aliphatic heterocycles. The Hall–Kier alpha value is -1.02. The van der Waals surface area contributed by atoms with Crippen molar-refractivity contribution in [3.63, 3.8) is 0 Å². The van der Waals surface area contributed by atoms with Crippen LogP contribution in [0.4, 0.5) is 5.69 Å². The molecule has 0 saturated carbocycles. The maximum atomic E-state index is 5.77. The Balaban J connectivity index is 2.35. The van der Waals surface area contributed by atoms with Crippen molar-refractivity contribution >= 4 is 5.69 Å². The highest BCUT2D eigenvalue weighted by molar-refractivity contribution is 5.49. The van der Waals surface area contributed by atoms with E-state index in [1.165, 1.54) is 36.1 Å². The summed E-state index contributed by atoms with van der Waals surface area (Å²) in [6, 6.07) is 6.64. The van der Waals surface area contributed by atoms with Crippen molar-refractivity contribution in [3.8, 4) is 0 Å². The predicted octanol–water partition coefficient (Wildman–Crippen LogP) is 2.11. The predicted molar refractivity (Wildman–Crippen MR) is 60.7 cm³/mol. The average molecular weight is 190 g/mol. The van der Waals surface area contributed by atoms with Crippen LogP contribution in [0.2, 0.25) is 0 Å². The van der Waals surface area contributed by atoms with Crippen LogP contribution < -0.4 is 11.1 Å². The second-order valence-corrected chi connectivity index (χ2v) is 3.99. The minimum atomic E-state index is 0.588. The van der Waals surface area contributed by atoms with Crippen molar-refractivity contribution in [2.45, 2.75) is 25.2 Å². The van der Waals surface area contributed by atoms with Gasteiger partial charge in [0, 0.05) is 12.7 Å². The van der Waals surface area contributed by atoms with Gasteiger partial charge >= 0.3 is 0 Å². The molecule has 1 aliphatic carbocycles. The lowest BCUT2D eigenvalue weighted by atomic mass is 9.83. The number of hydrogen-bond donors (Lipinski definition) is 2. The van der Waals surface area contributed by atoms with E-state index < -0.39 is 0 Å². The van der Waals surface area contributed by atoms with E-state index in [1.54, 1.807) is 0 Å². The lowest BCUT2D eigenvalue weighted by Crippen LogP contribution is -2.18. The number of hydrogen-bond acceptors (Lipinski definition) is 2. The number of nitrogens with one attached hydrogen (secondary N) is 1. The second kappa shape index (κ2) is 4.01. The molecule has 1 aliphatic rings. The number of nitrogens with two attached hydrogens (primary N) is 1. The monoisotopic (exact) mass is 190 g/mol. The molecule has 1 atom stereocenters. The standard InChI is InChI=1S/C12H18N2/c1-14-11-5-6-12-9(7-11)3-2-4-10(12)8-13/h5-7,10,14H,2-4,8,13H2,1H3. The summed E-state index contributed by atoms with van der Waals surface area (Å²) in [7, 11) is 1.96. The van der Waals surface area contributed by atoms with Crippen molar-refractivity contribution in [2.24, 2.45) is 5.73 Å². The van der Waals surface area contributed by atoms with Crippen LogP contribution >= 0.6 is 0 Å². The van der Waals surface area contributed by atoms with Gasteiger partial charge in [-0.05, 0) is 55.0 Å². The first kappa shape index (κ1) is 9.53.